The molecular formula is C16H17N3O2. The maximum atomic E-state index is 12.4. The number of benzene rings is 1. The van der Waals surface area contributed by atoms with E-state index in [9.17, 15) is 4.79 Å². The highest BCUT2D eigenvalue weighted by atomic mass is 16.3. The molecule has 0 spiro atoms. The molecule has 2 aromatic heterocycles. The van der Waals surface area contributed by atoms with Gasteiger partial charge in [0.25, 0.3) is 0 Å². The van der Waals surface area contributed by atoms with Crippen LogP contribution in [0.1, 0.15) is 36.1 Å². The number of furan rings is 1. The van der Waals surface area contributed by atoms with Crippen LogP contribution in [-0.4, -0.2) is 20.5 Å². The second-order valence-corrected chi connectivity index (χ2v) is 4.88. The molecular weight excluding hydrogens is 266 g/mol. The Labute approximate surface area is 122 Å². The van der Waals surface area contributed by atoms with Crippen LogP contribution in [0.25, 0.3) is 11.0 Å². The van der Waals surface area contributed by atoms with Crippen molar-refractivity contribution in [1.82, 2.24) is 14.8 Å². The molecule has 0 N–H and O–H groups in total. The van der Waals surface area contributed by atoms with Gasteiger partial charge in [0, 0.05) is 18.2 Å². The molecule has 0 bridgehead atoms. The summed E-state index contributed by atoms with van der Waals surface area (Å²) in [7, 11) is 0. The van der Waals surface area contributed by atoms with E-state index < -0.39 is 0 Å². The number of carbonyl (C=O) groups excluding carboxylic acids is 1. The molecule has 0 saturated carbocycles. The monoisotopic (exact) mass is 283 g/mol. The van der Waals surface area contributed by atoms with Gasteiger partial charge in [0.05, 0.1) is 0 Å². The SMILES string of the molecule is CCc1nc(CC)n(CC(=O)c2cc3ccccc3o2)n1. The average Bonchev–Trinajstić information content (AvgIpc) is 3.10. The van der Waals surface area contributed by atoms with Crippen molar-refractivity contribution >= 4 is 16.8 Å². The van der Waals surface area contributed by atoms with Crippen LogP contribution < -0.4 is 0 Å². The van der Waals surface area contributed by atoms with Crippen molar-refractivity contribution in [3.63, 3.8) is 0 Å². The summed E-state index contributed by atoms with van der Waals surface area (Å²) in [4.78, 5) is 16.8. The highest BCUT2D eigenvalue weighted by Crippen LogP contribution is 2.19. The summed E-state index contributed by atoms with van der Waals surface area (Å²) in [6.45, 7) is 4.17. The van der Waals surface area contributed by atoms with Crippen LogP contribution in [0.2, 0.25) is 0 Å². The summed E-state index contributed by atoms with van der Waals surface area (Å²) in [5.41, 5.74) is 0.726. The van der Waals surface area contributed by atoms with Crippen LogP contribution >= 0.6 is 0 Å². The van der Waals surface area contributed by atoms with Gasteiger partial charge in [-0.1, -0.05) is 32.0 Å². The van der Waals surface area contributed by atoms with Gasteiger partial charge in [-0.2, -0.15) is 5.10 Å². The number of rotatable bonds is 5. The zero-order valence-corrected chi connectivity index (χ0v) is 12.2. The molecule has 0 amide bonds. The van der Waals surface area contributed by atoms with E-state index in [2.05, 4.69) is 10.1 Å². The molecule has 0 aliphatic carbocycles. The van der Waals surface area contributed by atoms with Crippen LogP contribution in [0.15, 0.2) is 34.7 Å². The number of ketones is 1. The summed E-state index contributed by atoms with van der Waals surface area (Å²) in [5.74, 6) is 1.88. The lowest BCUT2D eigenvalue weighted by molar-refractivity contribution is 0.0941. The van der Waals surface area contributed by atoms with E-state index in [1.165, 1.54) is 0 Å². The lowest BCUT2D eigenvalue weighted by Crippen LogP contribution is -2.13. The number of hydrogen-bond donors (Lipinski definition) is 0. The maximum absolute atomic E-state index is 12.4. The van der Waals surface area contributed by atoms with Gasteiger partial charge in [-0.05, 0) is 12.1 Å². The number of fused-ring (bicyclic) bond motifs is 1. The fourth-order valence-corrected chi connectivity index (χ4v) is 2.30. The lowest BCUT2D eigenvalue weighted by atomic mass is 10.2. The predicted molar refractivity (Wildman–Crippen MR) is 79.3 cm³/mol. The van der Waals surface area contributed by atoms with Crippen molar-refractivity contribution in [2.24, 2.45) is 0 Å². The number of hydrogen-bond acceptors (Lipinski definition) is 4. The van der Waals surface area contributed by atoms with Crippen molar-refractivity contribution in [3.05, 3.63) is 47.7 Å². The second kappa shape index (κ2) is 5.52. The van der Waals surface area contributed by atoms with E-state index in [0.717, 1.165) is 35.5 Å². The van der Waals surface area contributed by atoms with Crippen molar-refractivity contribution in [2.45, 2.75) is 33.2 Å². The zero-order valence-electron chi connectivity index (χ0n) is 12.2. The van der Waals surface area contributed by atoms with Gasteiger partial charge in [0.15, 0.2) is 11.6 Å². The van der Waals surface area contributed by atoms with E-state index in [-0.39, 0.29) is 12.3 Å². The molecule has 0 radical (unpaired) electrons. The first-order chi connectivity index (χ1) is 10.2. The first kappa shape index (κ1) is 13.5. The average molecular weight is 283 g/mol. The van der Waals surface area contributed by atoms with Gasteiger partial charge in [-0.15, -0.1) is 0 Å². The summed E-state index contributed by atoms with van der Waals surface area (Å²) < 4.78 is 7.27. The molecule has 2 heterocycles. The molecule has 3 rings (SSSR count). The molecule has 5 nitrogen and oxygen atoms in total. The minimum absolute atomic E-state index is 0.0894. The highest BCUT2D eigenvalue weighted by Gasteiger charge is 2.16. The smallest absolute Gasteiger partial charge is 0.219 e. The predicted octanol–water partition coefficient (Wildman–Crippen LogP) is 3.03. The van der Waals surface area contributed by atoms with E-state index in [0.29, 0.717) is 5.76 Å². The molecule has 21 heavy (non-hydrogen) atoms. The van der Waals surface area contributed by atoms with E-state index >= 15 is 0 Å². The summed E-state index contributed by atoms with van der Waals surface area (Å²) in [6.07, 6.45) is 1.51. The van der Waals surface area contributed by atoms with E-state index in [1.54, 1.807) is 10.7 Å². The molecule has 3 aromatic rings. The normalized spacial score (nSPS) is 11.1. The number of nitrogens with zero attached hydrogens (tertiary/aromatic N) is 3. The minimum Gasteiger partial charge on any atom is -0.453 e. The first-order valence-electron chi connectivity index (χ1n) is 7.15. The molecule has 0 unspecified atom stereocenters. The maximum Gasteiger partial charge on any atom is 0.219 e. The number of aromatic nitrogens is 3. The number of carbonyl (C=O) groups is 1. The summed E-state index contributed by atoms with van der Waals surface area (Å²) in [6, 6.07) is 9.37. The molecule has 0 fully saturated rings. The highest BCUT2D eigenvalue weighted by molar-refractivity contribution is 5.97. The van der Waals surface area contributed by atoms with Crippen molar-refractivity contribution in [3.8, 4) is 0 Å². The van der Waals surface area contributed by atoms with Gasteiger partial charge in [0.1, 0.15) is 18.0 Å². The number of para-hydroxylation sites is 1. The van der Waals surface area contributed by atoms with Crippen molar-refractivity contribution < 1.29 is 9.21 Å². The molecule has 0 saturated heterocycles. The Bertz CT molecular complexity index is 753. The van der Waals surface area contributed by atoms with Crippen LogP contribution in [0.3, 0.4) is 0 Å². The van der Waals surface area contributed by atoms with Gasteiger partial charge in [-0.3, -0.25) is 4.79 Å². The third-order valence-corrected chi connectivity index (χ3v) is 3.42. The van der Waals surface area contributed by atoms with Gasteiger partial charge < -0.3 is 4.42 Å². The third kappa shape index (κ3) is 2.59. The summed E-state index contributed by atoms with van der Waals surface area (Å²) >= 11 is 0. The van der Waals surface area contributed by atoms with Crippen LogP contribution in [-0.2, 0) is 19.4 Å². The number of aryl methyl sites for hydroxylation is 2. The Hall–Kier alpha value is -2.43. The summed E-state index contributed by atoms with van der Waals surface area (Å²) in [5, 5.41) is 5.30. The van der Waals surface area contributed by atoms with Crippen molar-refractivity contribution in [2.75, 3.05) is 0 Å². The topological polar surface area (TPSA) is 60.9 Å². The van der Waals surface area contributed by atoms with E-state index in [4.69, 9.17) is 4.42 Å². The molecule has 0 atom stereocenters. The lowest BCUT2D eigenvalue weighted by Gasteiger charge is -2.01. The molecule has 108 valence electrons. The van der Waals surface area contributed by atoms with Crippen molar-refractivity contribution in [1.29, 1.82) is 0 Å². The zero-order chi connectivity index (χ0) is 14.8. The largest absolute Gasteiger partial charge is 0.453 e. The molecule has 1 aromatic carbocycles. The van der Waals surface area contributed by atoms with Gasteiger partial charge >= 0.3 is 0 Å². The fourth-order valence-electron chi connectivity index (χ4n) is 2.30. The van der Waals surface area contributed by atoms with Crippen LogP contribution in [0.4, 0.5) is 0 Å². The quantitative estimate of drug-likeness (QED) is 0.675. The van der Waals surface area contributed by atoms with Gasteiger partial charge in [-0.25, -0.2) is 9.67 Å². The standard InChI is InChI=1S/C16H17N3O2/c1-3-15-17-16(4-2)19(18-15)10-12(20)14-9-11-7-5-6-8-13(11)21-14/h5-9H,3-4,10H2,1-2H3. The molecule has 0 aliphatic heterocycles. The van der Waals surface area contributed by atoms with Crippen LogP contribution in [0, 0.1) is 0 Å². The Kier molecular flexibility index (Phi) is 3.56. The fraction of sp³-hybridized carbons (Fsp3) is 0.312. The Balaban J connectivity index is 1.87. The van der Waals surface area contributed by atoms with E-state index in [1.807, 2.05) is 38.1 Å². The Morgan fingerprint density at radius 2 is 2.05 bits per heavy atom. The van der Waals surface area contributed by atoms with Crippen LogP contribution in [0.5, 0.6) is 0 Å². The molecule has 5 heteroatoms. The number of Topliss-reactive ketones (excluding diaryl/α,β-unsaturated/α-hetero) is 1. The Morgan fingerprint density at radius 3 is 2.76 bits per heavy atom. The first-order valence-corrected chi connectivity index (χ1v) is 7.15. The Morgan fingerprint density at radius 1 is 1.24 bits per heavy atom. The van der Waals surface area contributed by atoms with Gasteiger partial charge in [0.2, 0.25) is 5.78 Å². The third-order valence-electron chi connectivity index (χ3n) is 3.42. The minimum atomic E-state index is -0.0894. The second-order valence-electron chi connectivity index (χ2n) is 4.88. The molecule has 0 aliphatic rings.